The first-order valence-corrected chi connectivity index (χ1v) is 10.4. The zero-order valence-corrected chi connectivity index (χ0v) is 16.3. The Morgan fingerprint density at radius 2 is 1.86 bits per heavy atom. The molecule has 160 valence electrons. The quantitative estimate of drug-likeness (QED) is 0.823. The third-order valence-corrected chi connectivity index (χ3v) is 6.65. The van der Waals surface area contributed by atoms with Crippen LogP contribution in [0.5, 0.6) is 5.75 Å². The average molecular weight is 412 g/mol. The lowest BCUT2D eigenvalue weighted by Crippen LogP contribution is -2.50. The van der Waals surface area contributed by atoms with E-state index in [4.69, 9.17) is 0 Å². The Morgan fingerprint density at radius 3 is 2.59 bits per heavy atom. The second-order valence-electron chi connectivity index (χ2n) is 8.56. The van der Waals surface area contributed by atoms with Crippen molar-refractivity contribution in [2.45, 2.75) is 63.5 Å². The van der Waals surface area contributed by atoms with Crippen LogP contribution in [0.2, 0.25) is 0 Å². The average Bonchev–Trinajstić information content (AvgIpc) is 2.97. The van der Waals surface area contributed by atoms with Crippen LogP contribution in [0.3, 0.4) is 0 Å². The lowest BCUT2D eigenvalue weighted by atomic mass is 9.78. The first-order valence-electron chi connectivity index (χ1n) is 10.4. The van der Waals surface area contributed by atoms with Crippen LogP contribution in [0.15, 0.2) is 24.3 Å². The summed E-state index contributed by atoms with van der Waals surface area (Å²) in [6.07, 6.45) is 0.582. The second-order valence-corrected chi connectivity index (χ2v) is 8.56. The summed E-state index contributed by atoms with van der Waals surface area (Å²) in [7, 11) is 0. The van der Waals surface area contributed by atoms with Gasteiger partial charge in [-0.15, -0.1) is 13.2 Å². The van der Waals surface area contributed by atoms with Gasteiger partial charge >= 0.3 is 6.36 Å². The number of nitrogens with zero attached hydrogens (tertiary/aromatic N) is 2. The van der Waals surface area contributed by atoms with Gasteiger partial charge in [-0.05, 0) is 57.1 Å². The number of aliphatic hydroxyl groups is 1. The largest absolute Gasteiger partial charge is 0.573 e. The molecular weight excluding hydrogens is 385 g/mol. The van der Waals surface area contributed by atoms with Crippen molar-refractivity contribution >= 4 is 11.6 Å². The summed E-state index contributed by atoms with van der Waals surface area (Å²) in [6.45, 7) is 1.96. The van der Waals surface area contributed by atoms with Gasteiger partial charge in [-0.3, -0.25) is 4.79 Å². The third-order valence-electron chi connectivity index (χ3n) is 6.65. The third kappa shape index (κ3) is 4.32. The first kappa shape index (κ1) is 20.3. The van der Waals surface area contributed by atoms with E-state index in [2.05, 4.69) is 4.74 Å². The highest BCUT2D eigenvalue weighted by Crippen LogP contribution is 2.43. The molecule has 1 amide bonds. The maximum absolute atomic E-state index is 13.4. The number of aliphatic hydroxyl groups excluding tert-OH is 1. The fourth-order valence-electron chi connectivity index (χ4n) is 5.17. The number of halogens is 3. The molecule has 1 aromatic rings. The summed E-state index contributed by atoms with van der Waals surface area (Å²) in [6, 6.07) is 6.20. The van der Waals surface area contributed by atoms with Gasteiger partial charge < -0.3 is 19.6 Å². The number of hydrogen-bond acceptors (Lipinski definition) is 4. The molecule has 1 aliphatic carbocycles. The predicted molar refractivity (Wildman–Crippen MR) is 102 cm³/mol. The Morgan fingerprint density at radius 1 is 1.10 bits per heavy atom. The molecule has 1 N–H and O–H groups in total. The molecule has 1 spiro atoms. The Bertz CT molecular complexity index is 749. The van der Waals surface area contributed by atoms with Gasteiger partial charge in [0.1, 0.15) is 5.75 Å². The first-order chi connectivity index (χ1) is 13.8. The molecule has 2 saturated heterocycles. The number of benzene rings is 1. The number of rotatable bonds is 3. The molecule has 1 unspecified atom stereocenters. The highest BCUT2D eigenvalue weighted by atomic mass is 19.4. The predicted octanol–water partition coefficient (Wildman–Crippen LogP) is 3.71. The number of alkyl halides is 3. The zero-order chi connectivity index (χ0) is 20.6. The van der Waals surface area contributed by atoms with Gasteiger partial charge in [0, 0.05) is 37.4 Å². The van der Waals surface area contributed by atoms with Crippen LogP contribution in [0.4, 0.5) is 18.9 Å². The Balaban J connectivity index is 1.47. The van der Waals surface area contributed by atoms with E-state index in [1.54, 1.807) is 12.1 Å². The van der Waals surface area contributed by atoms with Crippen LogP contribution in [-0.2, 0) is 4.79 Å². The van der Waals surface area contributed by atoms with Crippen molar-refractivity contribution in [3.63, 3.8) is 0 Å². The standard InChI is InChI=1S/C21H27F3N2O3/c22-21(23,24)29-18-4-1-3-16(13-18)25-11-2-9-20(14-25)10-12-26(19(20)28)15-5-7-17(27)8-6-15/h1,3-4,13,15,17,27H,2,5-12,14H2/t15-,17-,20?. The highest BCUT2D eigenvalue weighted by Gasteiger charge is 2.50. The minimum atomic E-state index is -4.72. The van der Waals surface area contributed by atoms with E-state index >= 15 is 0 Å². The molecule has 0 aromatic heterocycles. The monoisotopic (exact) mass is 412 g/mol. The molecule has 29 heavy (non-hydrogen) atoms. The van der Waals surface area contributed by atoms with Gasteiger partial charge in [0.05, 0.1) is 11.5 Å². The number of ether oxygens (including phenoxy) is 1. The molecule has 0 bridgehead atoms. The summed E-state index contributed by atoms with van der Waals surface area (Å²) in [5, 5.41) is 9.74. The van der Waals surface area contributed by atoms with E-state index in [-0.39, 0.29) is 23.8 Å². The summed E-state index contributed by atoms with van der Waals surface area (Å²) >= 11 is 0. The van der Waals surface area contributed by atoms with Crippen LogP contribution >= 0.6 is 0 Å². The molecule has 3 fully saturated rings. The normalized spacial score (nSPS) is 30.8. The van der Waals surface area contributed by atoms with E-state index < -0.39 is 11.8 Å². The van der Waals surface area contributed by atoms with Crippen LogP contribution < -0.4 is 9.64 Å². The Kier molecular flexibility index (Phi) is 5.40. The van der Waals surface area contributed by atoms with Gasteiger partial charge in [0.15, 0.2) is 0 Å². The summed E-state index contributed by atoms with van der Waals surface area (Å²) in [5.74, 6) is -0.0685. The molecule has 2 heterocycles. The number of anilines is 1. The minimum Gasteiger partial charge on any atom is -0.406 e. The molecule has 3 aliphatic rings. The van der Waals surface area contributed by atoms with Crippen LogP contribution in [-0.4, -0.2) is 54.1 Å². The minimum absolute atomic E-state index is 0.172. The van der Waals surface area contributed by atoms with Crippen molar-refractivity contribution < 1.29 is 27.8 Å². The molecular formula is C21H27F3N2O3. The Hall–Kier alpha value is -1.96. The highest BCUT2D eigenvalue weighted by molar-refractivity contribution is 5.86. The molecule has 8 heteroatoms. The number of likely N-dealkylation sites (tertiary alicyclic amines) is 1. The number of piperidine rings is 1. The lowest BCUT2D eigenvalue weighted by molar-refractivity contribution is -0.274. The number of hydrogen-bond donors (Lipinski definition) is 1. The van der Waals surface area contributed by atoms with Crippen molar-refractivity contribution in [3.05, 3.63) is 24.3 Å². The van der Waals surface area contributed by atoms with Crippen molar-refractivity contribution in [2.75, 3.05) is 24.5 Å². The van der Waals surface area contributed by atoms with E-state index in [1.165, 1.54) is 12.1 Å². The summed E-state index contributed by atoms with van der Waals surface area (Å²) in [5.41, 5.74) is 0.188. The topological polar surface area (TPSA) is 53.0 Å². The van der Waals surface area contributed by atoms with E-state index in [0.717, 1.165) is 51.5 Å². The van der Waals surface area contributed by atoms with Crippen molar-refractivity contribution in [1.29, 1.82) is 0 Å². The maximum atomic E-state index is 13.4. The van der Waals surface area contributed by atoms with Crippen molar-refractivity contribution in [1.82, 2.24) is 4.90 Å². The fraction of sp³-hybridized carbons (Fsp3) is 0.667. The zero-order valence-electron chi connectivity index (χ0n) is 16.3. The number of carbonyl (C=O) groups excluding carboxylic acids is 1. The lowest BCUT2D eigenvalue weighted by Gasteiger charge is -2.41. The number of amides is 1. The van der Waals surface area contributed by atoms with Crippen molar-refractivity contribution in [2.24, 2.45) is 5.41 Å². The van der Waals surface area contributed by atoms with Crippen molar-refractivity contribution in [3.8, 4) is 5.75 Å². The van der Waals surface area contributed by atoms with Gasteiger partial charge in [-0.2, -0.15) is 0 Å². The van der Waals surface area contributed by atoms with Gasteiger partial charge in [0.25, 0.3) is 0 Å². The van der Waals surface area contributed by atoms with E-state index in [1.807, 2.05) is 9.80 Å². The van der Waals surface area contributed by atoms with Crippen LogP contribution in [0, 0.1) is 5.41 Å². The maximum Gasteiger partial charge on any atom is 0.573 e. The molecule has 5 nitrogen and oxygen atoms in total. The molecule has 0 radical (unpaired) electrons. The molecule has 4 rings (SSSR count). The Labute approximate surface area is 168 Å². The molecule has 1 aromatic carbocycles. The van der Waals surface area contributed by atoms with Gasteiger partial charge in [-0.25, -0.2) is 0 Å². The molecule has 1 atom stereocenters. The number of carbonyl (C=O) groups is 1. The summed E-state index contributed by atoms with van der Waals surface area (Å²) in [4.78, 5) is 17.4. The SMILES string of the molecule is O=C1N([C@H]2CC[C@H](O)CC2)CCC12CCCN(c1cccc(OC(F)(F)F)c1)C2. The van der Waals surface area contributed by atoms with Crippen LogP contribution in [0.1, 0.15) is 44.9 Å². The van der Waals surface area contributed by atoms with Gasteiger partial charge in [0.2, 0.25) is 5.91 Å². The van der Waals surface area contributed by atoms with Gasteiger partial charge in [-0.1, -0.05) is 6.07 Å². The second kappa shape index (κ2) is 7.70. The van der Waals surface area contributed by atoms with E-state index in [0.29, 0.717) is 18.8 Å². The fourth-order valence-corrected chi connectivity index (χ4v) is 5.17. The molecule has 2 aliphatic heterocycles. The van der Waals surface area contributed by atoms with E-state index in [9.17, 15) is 23.1 Å². The smallest absolute Gasteiger partial charge is 0.406 e. The molecule has 1 saturated carbocycles. The summed E-state index contributed by atoms with van der Waals surface area (Å²) < 4.78 is 41.7. The van der Waals surface area contributed by atoms with Crippen LogP contribution in [0.25, 0.3) is 0 Å².